The molecule has 4 nitrogen and oxygen atoms in total. The van der Waals surface area contributed by atoms with Crippen LogP contribution in [0.2, 0.25) is 0 Å². The molecule has 0 aliphatic heterocycles. The van der Waals surface area contributed by atoms with Gasteiger partial charge in [0.2, 0.25) is 11.7 Å². The Morgan fingerprint density at radius 1 is 1.38 bits per heavy atom. The lowest BCUT2D eigenvalue weighted by atomic mass is 10.1. The van der Waals surface area contributed by atoms with Crippen molar-refractivity contribution in [2.24, 2.45) is 0 Å². The van der Waals surface area contributed by atoms with Crippen LogP contribution < -0.4 is 0 Å². The minimum absolute atomic E-state index is 0.207. The Labute approximate surface area is 98.2 Å². The predicted molar refractivity (Wildman–Crippen MR) is 59.1 cm³/mol. The van der Waals surface area contributed by atoms with Gasteiger partial charge < -0.3 is 9.26 Å². The second kappa shape index (κ2) is 5.09. The fourth-order valence-electron chi connectivity index (χ4n) is 1.45. The molecular weight excluding hydrogens is 228 g/mol. The van der Waals surface area contributed by atoms with Crippen LogP contribution in [0.25, 0.3) is 0 Å². The molecule has 1 aromatic heterocycles. The first-order chi connectivity index (χ1) is 7.85. The van der Waals surface area contributed by atoms with Crippen molar-refractivity contribution < 1.29 is 9.26 Å². The van der Waals surface area contributed by atoms with Gasteiger partial charge in [0.1, 0.15) is 12.0 Å². The number of rotatable bonds is 4. The molecule has 0 spiro atoms. The summed E-state index contributed by atoms with van der Waals surface area (Å²) in [6.45, 7) is 0. The molecule has 0 saturated carbocycles. The van der Waals surface area contributed by atoms with Crippen LogP contribution in [0.3, 0.4) is 0 Å². The van der Waals surface area contributed by atoms with E-state index in [2.05, 4.69) is 10.1 Å². The van der Waals surface area contributed by atoms with Crippen LogP contribution >= 0.6 is 11.6 Å². The van der Waals surface area contributed by atoms with Crippen LogP contribution in [-0.4, -0.2) is 17.3 Å². The Morgan fingerprint density at radius 3 is 2.69 bits per heavy atom. The predicted octanol–water partition coefficient (Wildman–Crippen LogP) is 2.54. The number of benzene rings is 1. The molecule has 0 N–H and O–H groups in total. The number of aromatic nitrogens is 2. The fraction of sp³-hybridized carbons (Fsp3) is 0.273. The Bertz CT molecular complexity index is 444. The molecule has 1 unspecified atom stereocenters. The first-order valence-electron chi connectivity index (χ1n) is 4.81. The number of halogens is 1. The van der Waals surface area contributed by atoms with Gasteiger partial charge in [0.15, 0.2) is 0 Å². The molecular formula is C11H11ClN2O2. The third kappa shape index (κ3) is 2.23. The molecule has 0 radical (unpaired) electrons. The molecule has 0 aliphatic rings. The lowest BCUT2D eigenvalue weighted by molar-refractivity contribution is 0.126. The van der Waals surface area contributed by atoms with Gasteiger partial charge in [0.05, 0.1) is 0 Å². The monoisotopic (exact) mass is 238 g/mol. The maximum Gasteiger partial charge on any atom is 0.241 e. The normalized spacial score (nSPS) is 12.6. The van der Waals surface area contributed by atoms with Gasteiger partial charge in [-0.2, -0.15) is 4.98 Å². The fourth-order valence-corrected chi connectivity index (χ4v) is 1.56. The van der Waals surface area contributed by atoms with E-state index in [4.69, 9.17) is 20.9 Å². The minimum atomic E-state index is -0.318. The molecule has 2 aromatic rings. The first-order valence-corrected chi connectivity index (χ1v) is 5.34. The third-order valence-corrected chi connectivity index (χ3v) is 2.40. The Hall–Kier alpha value is -1.39. The molecule has 16 heavy (non-hydrogen) atoms. The molecule has 5 heteroatoms. The highest BCUT2D eigenvalue weighted by Crippen LogP contribution is 2.22. The SMILES string of the molecule is COC(c1ccccc1)c1noc(CCl)n1. The molecule has 2 rings (SSSR count). The summed E-state index contributed by atoms with van der Waals surface area (Å²) >= 11 is 5.60. The van der Waals surface area contributed by atoms with Gasteiger partial charge in [-0.1, -0.05) is 35.5 Å². The average molecular weight is 239 g/mol. The summed E-state index contributed by atoms with van der Waals surface area (Å²) in [6, 6.07) is 9.71. The number of hydrogen-bond acceptors (Lipinski definition) is 4. The van der Waals surface area contributed by atoms with Gasteiger partial charge in [0, 0.05) is 7.11 Å². The second-order valence-electron chi connectivity index (χ2n) is 3.21. The number of alkyl halides is 1. The Morgan fingerprint density at radius 2 is 2.12 bits per heavy atom. The highest BCUT2D eigenvalue weighted by atomic mass is 35.5. The van der Waals surface area contributed by atoms with Crippen LogP contribution in [0.5, 0.6) is 0 Å². The third-order valence-electron chi connectivity index (χ3n) is 2.17. The first kappa shape index (κ1) is 11.1. The Kier molecular flexibility index (Phi) is 3.54. The van der Waals surface area contributed by atoms with Gasteiger partial charge in [-0.05, 0) is 5.56 Å². The average Bonchev–Trinajstić information content (AvgIpc) is 2.80. The minimum Gasteiger partial charge on any atom is -0.369 e. The molecule has 0 fully saturated rings. The number of nitrogens with zero attached hydrogens (tertiary/aromatic N) is 2. The van der Waals surface area contributed by atoms with E-state index in [9.17, 15) is 0 Å². The van der Waals surface area contributed by atoms with Crippen molar-refractivity contribution in [1.82, 2.24) is 10.1 Å². The van der Waals surface area contributed by atoms with E-state index in [0.29, 0.717) is 11.7 Å². The summed E-state index contributed by atoms with van der Waals surface area (Å²) in [5.41, 5.74) is 0.979. The largest absolute Gasteiger partial charge is 0.369 e. The number of methoxy groups -OCH3 is 1. The van der Waals surface area contributed by atoms with Gasteiger partial charge in [0.25, 0.3) is 0 Å². The lowest BCUT2D eigenvalue weighted by Gasteiger charge is -2.10. The Balaban J connectivity index is 2.29. The maximum absolute atomic E-state index is 5.60. The summed E-state index contributed by atoms with van der Waals surface area (Å²) in [5, 5.41) is 3.84. The zero-order valence-electron chi connectivity index (χ0n) is 8.76. The van der Waals surface area contributed by atoms with E-state index in [1.807, 2.05) is 30.3 Å². The van der Waals surface area contributed by atoms with Crippen molar-refractivity contribution >= 4 is 11.6 Å². The van der Waals surface area contributed by atoms with E-state index < -0.39 is 0 Å². The molecule has 0 saturated heterocycles. The van der Waals surface area contributed by atoms with Crippen molar-refractivity contribution in [2.75, 3.05) is 7.11 Å². The van der Waals surface area contributed by atoms with Crippen molar-refractivity contribution in [3.8, 4) is 0 Å². The molecule has 1 atom stereocenters. The maximum atomic E-state index is 5.60. The van der Waals surface area contributed by atoms with Crippen LogP contribution in [0.15, 0.2) is 34.9 Å². The zero-order chi connectivity index (χ0) is 11.4. The van der Waals surface area contributed by atoms with E-state index in [1.165, 1.54) is 0 Å². The van der Waals surface area contributed by atoms with Crippen LogP contribution in [-0.2, 0) is 10.6 Å². The van der Waals surface area contributed by atoms with Crippen LogP contribution in [0.4, 0.5) is 0 Å². The van der Waals surface area contributed by atoms with Crippen LogP contribution in [0, 0.1) is 0 Å². The smallest absolute Gasteiger partial charge is 0.241 e. The van der Waals surface area contributed by atoms with Gasteiger partial charge in [-0.3, -0.25) is 0 Å². The number of hydrogen-bond donors (Lipinski definition) is 0. The van der Waals surface area contributed by atoms with Crippen molar-refractivity contribution in [3.05, 3.63) is 47.6 Å². The van der Waals surface area contributed by atoms with Gasteiger partial charge >= 0.3 is 0 Å². The van der Waals surface area contributed by atoms with Gasteiger partial charge in [-0.15, -0.1) is 11.6 Å². The van der Waals surface area contributed by atoms with Crippen molar-refractivity contribution in [1.29, 1.82) is 0 Å². The summed E-state index contributed by atoms with van der Waals surface area (Å²) in [7, 11) is 1.61. The van der Waals surface area contributed by atoms with Crippen molar-refractivity contribution in [3.63, 3.8) is 0 Å². The standard InChI is InChI=1S/C11H11ClN2O2/c1-15-10(8-5-3-2-4-6-8)11-13-9(7-12)16-14-11/h2-6,10H,7H2,1H3. The van der Waals surface area contributed by atoms with E-state index in [-0.39, 0.29) is 12.0 Å². The summed E-state index contributed by atoms with van der Waals surface area (Å²) in [6.07, 6.45) is -0.318. The van der Waals surface area contributed by atoms with Crippen molar-refractivity contribution in [2.45, 2.75) is 12.0 Å². The second-order valence-corrected chi connectivity index (χ2v) is 3.47. The molecule has 0 amide bonds. The molecule has 0 aliphatic carbocycles. The molecule has 84 valence electrons. The summed E-state index contributed by atoms with van der Waals surface area (Å²) in [4.78, 5) is 4.14. The summed E-state index contributed by atoms with van der Waals surface area (Å²) in [5.74, 6) is 1.09. The number of ether oxygens (including phenoxy) is 1. The molecule has 0 bridgehead atoms. The topological polar surface area (TPSA) is 48.2 Å². The highest BCUT2D eigenvalue weighted by Gasteiger charge is 2.19. The van der Waals surface area contributed by atoms with Crippen LogP contribution in [0.1, 0.15) is 23.4 Å². The van der Waals surface area contributed by atoms with Gasteiger partial charge in [-0.25, -0.2) is 0 Å². The van der Waals surface area contributed by atoms with E-state index >= 15 is 0 Å². The van der Waals surface area contributed by atoms with E-state index in [1.54, 1.807) is 7.11 Å². The molecule has 1 aromatic carbocycles. The quantitative estimate of drug-likeness (QED) is 0.768. The highest BCUT2D eigenvalue weighted by molar-refractivity contribution is 6.16. The summed E-state index contributed by atoms with van der Waals surface area (Å²) < 4.78 is 10.3. The lowest BCUT2D eigenvalue weighted by Crippen LogP contribution is -2.05. The van der Waals surface area contributed by atoms with E-state index in [0.717, 1.165) is 5.56 Å². The molecule has 1 heterocycles. The zero-order valence-corrected chi connectivity index (χ0v) is 9.52.